The van der Waals surface area contributed by atoms with Crippen LogP contribution in [0.1, 0.15) is 27.4 Å². The third-order valence-corrected chi connectivity index (χ3v) is 4.38. The molecule has 0 aliphatic heterocycles. The second-order valence-electron chi connectivity index (χ2n) is 6.38. The number of rotatable bonds is 7. The van der Waals surface area contributed by atoms with Crippen LogP contribution in [0.15, 0.2) is 71.5 Å². The molecule has 0 saturated heterocycles. The van der Waals surface area contributed by atoms with Crippen LogP contribution in [0.5, 0.6) is 0 Å². The van der Waals surface area contributed by atoms with Crippen molar-refractivity contribution in [1.29, 1.82) is 0 Å². The van der Waals surface area contributed by atoms with E-state index in [0.29, 0.717) is 36.6 Å². The van der Waals surface area contributed by atoms with E-state index >= 15 is 0 Å². The summed E-state index contributed by atoms with van der Waals surface area (Å²) in [4.78, 5) is 28.7. The molecule has 0 atom stereocenters. The van der Waals surface area contributed by atoms with Gasteiger partial charge < -0.3 is 15.2 Å². The highest BCUT2D eigenvalue weighted by atomic mass is 16.5. The van der Waals surface area contributed by atoms with Crippen LogP contribution in [0, 0.1) is 0 Å². The van der Waals surface area contributed by atoms with Gasteiger partial charge in [-0.1, -0.05) is 41.6 Å². The molecular formula is C21H19N5O3. The number of pyridine rings is 1. The Bertz CT molecular complexity index is 1130. The van der Waals surface area contributed by atoms with Gasteiger partial charge in [0, 0.05) is 30.9 Å². The molecule has 2 N–H and O–H groups in total. The van der Waals surface area contributed by atoms with Gasteiger partial charge >= 0.3 is 0 Å². The zero-order valence-corrected chi connectivity index (χ0v) is 15.5. The number of carbonyl (C=O) groups is 2. The number of nitrogens with zero attached hydrogens (tertiary/aromatic N) is 3. The van der Waals surface area contributed by atoms with E-state index in [-0.39, 0.29) is 17.5 Å². The van der Waals surface area contributed by atoms with Gasteiger partial charge in [-0.25, -0.2) is 4.98 Å². The van der Waals surface area contributed by atoms with Gasteiger partial charge in [-0.15, -0.1) is 0 Å². The summed E-state index contributed by atoms with van der Waals surface area (Å²) < 4.78 is 6.96. The zero-order valence-electron chi connectivity index (χ0n) is 15.5. The summed E-state index contributed by atoms with van der Waals surface area (Å²) >= 11 is 0. The van der Waals surface area contributed by atoms with Gasteiger partial charge in [0.2, 0.25) is 0 Å². The fourth-order valence-corrected chi connectivity index (χ4v) is 2.89. The van der Waals surface area contributed by atoms with Crippen molar-refractivity contribution in [3.8, 4) is 11.3 Å². The summed E-state index contributed by atoms with van der Waals surface area (Å²) in [6.45, 7) is 0.826. The predicted octanol–water partition coefficient (Wildman–Crippen LogP) is 2.54. The molecule has 146 valence electrons. The minimum atomic E-state index is -0.316. The Morgan fingerprint density at radius 1 is 0.966 bits per heavy atom. The number of nitrogens with one attached hydrogen (secondary N) is 2. The Labute approximate surface area is 166 Å². The molecule has 8 heteroatoms. The van der Waals surface area contributed by atoms with E-state index in [1.165, 1.54) is 0 Å². The minimum Gasteiger partial charge on any atom is -0.355 e. The predicted molar refractivity (Wildman–Crippen MR) is 106 cm³/mol. The molecule has 0 aliphatic carbocycles. The number of fused-ring (bicyclic) bond motifs is 1. The SMILES string of the molecule is O=C(NCCCNC(=O)c1cnc2ccccn12)c1cc(-c2ccccc2)on1. The molecule has 0 unspecified atom stereocenters. The average Bonchev–Trinajstić information content (AvgIpc) is 3.41. The van der Waals surface area contributed by atoms with E-state index < -0.39 is 0 Å². The van der Waals surface area contributed by atoms with Crippen molar-refractivity contribution in [3.63, 3.8) is 0 Å². The Morgan fingerprint density at radius 2 is 1.72 bits per heavy atom. The second kappa shape index (κ2) is 8.39. The summed E-state index contributed by atoms with van der Waals surface area (Å²) in [5.74, 6) is 0.0131. The topological polar surface area (TPSA) is 102 Å². The average molecular weight is 389 g/mol. The summed E-state index contributed by atoms with van der Waals surface area (Å²) in [6.07, 6.45) is 3.91. The number of hydrogen-bond acceptors (Lipinski definition) is 5. The van der Waals surface area contributed by atoms with Crippen molar-refractivity contribution >= 4 is 17.5 Å². The van der Waals surface area contributed by atoms with Gasteiger partial charge in [-0.2, -0.15) is 0 Å². The van der Waals surface area contributed by atoms with Crippen molar-refractivity contribution in [2.75, 3.05) is 13.1 Å². The molecular weight excluding hydrogens is 370 g/mol. The molecule has 0 fully saturated rings. The van der Waals surface area contributed by atoms with Crippen LogP contribution in [0.3, 0.4) is 0 Å². The number of aromatic nitrogens is 3. The van der Waals surface area contributed by atoms with E-state index in [2.05, 4.69) is 20.8 Å². The molecule has 2 amide bonds. The minimum absolute atomic E-state index is 0.209. The molecule has 1 aromatic carbocycles. The third kappa shape index (κ3) is 4.16. The molecule has 0 radical (unpaired) electrons. The first-order chi connectivity index (χ1) is 14.2. The second-order valence-corrected chi connectivity index (χ2v) is 6.38. The fraction of sp³-hybridized carbons (Fsp3) is 0.143. The number of imidazole rings is 1. The summed E-state index contributed by atoms with van der Waals surface area (Å²) in [5.41, 5.74) is 2.26. The van der Waals surface area contributed by atoms with Gasteiger partial charge in [-0.05, 0) is 18.6 Å². The van der Waals surface area contributed by atoms with Crippen LogP contribution in [0.2, 0.25) is 0 Å². The Morgan fingerprint density at radius 3 is 2.55 bits per heavy atom. The highest BCUT2D eigenvalue weighted by molar-refractivity contribution is 5.93. The van der Waals surface area contributed by atoms with Crippen LogP contribution in [-0.2, 0) is 0 Å². The number of carbonyl (C=O) groups excluding carboxylic acids is 2. The largest absolute Gasteiger partial charge is 0.355 e. The van der Waals surface area contributed by atoms with Gasteiger partial charge in [-0.3, -0.25) is 14.0 Å². The van der Waals surface area contributed by atoms with Crippen molar-refractivity contribution in [2.24, 2.45) is 0 Å². The molecule has 4 aromatic rings. The standard InChI is InChI=1S/C21H19N5O3/c27-20(16-13-18(29-25-16)15-7-2-1-3-8-15)22-10-6-11-23-21(28)17-14-24-19-9-4-5-12-26(17)19/h1-5,7-9,12-14H,6,10-11H2,(H,22,27)(H,23,28). The van der Waals surface area contributed by atoms with Gasteiger partial charge in [0.25, 0.3) is 11.8 Å². The van der Waals surface area contributed by atoms with Crippen molar-refractivity contribution in [2.45, 2.75) is 6.42 Å². The first-order valence-corrected chi connectivity index (χ1v) is 9.23. The lowest BCUT2D eigenvalue weighted by Gasteiger charge is -2.06. The molecule has 29 heavy (non-hydrogen) atoms. The van der Waals surface area contributed by atoms with Crippen molar-refractivity contribution in [1.82, 2.24) is 25.2 Å². The number of amides is 2. The Balaban J connectivity index is 1.23. The van der Waals surface area contributed by atoms with E-state index in [0.717, 1.165) is 5.56 Å². The van der Waals surface area contributed by atoms with Crippen molar-refractivity contribution < 1.29 is 14.1 Å². The molecule has 3 heterocycles. The van der Waals surface area contributed by atoms with Crippen LogP contribution >= 0.6 is 0 Å². The normalized spacial score (nSPS) is 10.8. The maximum Gasteiger partial charge on any atom is 0.273 e. The first-order valence-electron chi connectivity index (χ1n) is 9.23. The summed E-state index contributed by atoms with van der Waals surface area (Å²) in [5, 5.41) is 9.42. The molecule has 3 aromatic heterocycles. The molecule has 0 spiro atoms. The maximum atomic E-state index is 12.3. The fourth-order valence-electron chi connectivity index (χ4n) is 2.89. The van der Waals surface area contributed by atoms with Crippen LogP contribution < -0.4 is 10.6 Å². The third-order valence-electron chi connectivity index (χ3n) is 4.38. The Kier molecular flexibility index (Phi) is 5.33. The monoisotopic (exact) mass is 389 g/mol. The lowest BCUT2D eigenvalue weighted by atomic mass is 10.1. The van der Waals surface area contributed by atoms with E-state index in [9.17, 15) is 9.59 Å². The van der Waals surface area contributed by atoms with Gasteiger partial charge in [0.05, 0.1) is 6.20 Å². The highest BCUT2D eigenvalue weighted by Crippen LogP contribution is 2.19. The van der Waals surface area contributed by atoms with E-state index in [4.69, 9.17) is 4.52 Å². The highest BCUT2D eigenvalue weighted by Gasteiger charge is 2.14. The summed E-state index contributed by atoms with van der Waals surface area (Å²) in [7, 11) is 0. The van der Waals surface area contributed by atoms with Crippen LogP contribution in [0.4, 0.5) is 0 Å². The lowest BCUT2D eigenvalue weighted by molar-refractivity contribution is 0.0943. The number of benzene rings is 1. The van der Waals surface area contributed by atoms with Gasteiger partial charge in [0.15, 0.2) is 11.5 Å². The smallest absolute Gasteiger partial charge is 0.273 e. The van der Waals surface area contributed by atoms with E-state index in [1.807, 2.05) is 48.5 Å². The molecule has 0 aliphatic rings. The maximum absolute atomic E-state index is 12.3. The van der Waals surface area contributed by atoms with Crippen molar-refractivity contribution in [3.05, 3.63) is 78.4 Å². The number of hydrogen-bond donors (Lipinski definition) is 2. The molecule has 0 bridgehead atoms. The van der Waals surface area contributed by atoms with Crippen LogP contribution in [0.25, 0.3) is 17.0 Å². The lowest BCUT2D eigenvalue weighted by Crippen LogP contribution is -2.30. The Hall–Kier alpha value is -3.94. The molecule has 0 saturated carbocycles. The zero-order chi connectivity index (χ0) is 20.1. The quantitative estimate of drug-likeness (QED) is 0.473. The first kappa shape index (κ1) is 18.4. The van der Waals surface area contributed by atoms with Gasteiger partial charge in [0.1, 0.15) is 11.3 Å². The molecule has 8 nitrogen and oxygen atoms in total. The molecule has 4 rings (SSSR count). The summed E-state index contributed by atoms with van der Waals surface area (Å²) in [6, 6.07) is 16.6. The van der Waals surface area contributed by atoms with Crippen LogP contribution in [-0.4, -0.2) is 39.4 Å². The van der Waals surface area contributed by atoms with E-state index in [1.54, 1.807) is 22.9 Å².